The highest BCUT2D eigenvalue weighted by Gasteiger charge is 2.31. The molecule has 0 saturated carbocycles. The SMILES string of the molecule is C[C@H]1CN(c2cc(N3CCCC3)nc(Cl)n2)CCN1C(=O)OC(C)(C)C. The van der Waals surface area contributed by atoms with Crippen molar-refractivity contribution in [2.24, 2.45) is 0 Å². The first-order valence-corrected chi connectivity index (χ1v) is 9.65. The Morgan fingerprint density at radius 3 is 2.31 bits per heavy atom. The molecule has 2 fully saturated rings. The fourth-order valence-corrected chi connectivity index (χ4v) is 3.59. The minimum Gasteiger partial charge on any atom is -0.444 e. The van der Waals surface area contributed by atoms with Crippen molar-refractivity contribution in [3.05, 3.63) is 11.3 Å². The molecule has 1 amide bonds. The van der Waals surface area contributed by atoms with Crippen LogP contribution in [-0.4, -0.2) is 65.3 Å². The number of hydrogen-bond donors (Lipinski definition) is 0. The van der Waals surface area contributed by atoms with E-state index in [-0.39, 0.29) is 17.4 Å². The van der Waals surface area contributed by atoms with Crippen LogP contribution in [0.4, 0.5) is 16.4 Å². The number of rotatable bonds is 2. The molecule has 7 nitrogen and oxygen atoms in total. The minimum atomic E-state index is -0.487. The average Bonchev–Trinajstić information content (AvgIpc) is 3.07. The van der Waals surface area contributed by atoms with E-state index < -0.39 is 5.60 Å². The van der Waals surface area contributed by atoms with Gasteiger partial charge in [0.1, 0.15) is 17.2 Å². The van der Waals surface area contributed by atoms with E-state index in [1.807, 2.05) is 33.8 Å². The molecule has 0 bridgehead atoms. The van der Waals surface area contributed by atoms with Crippen LogP contribution in [-0.2, 0) is 4.74 Å². The molecule has 26 heavy (non-hydrogen) atoms. The van der Waals surface area contributed by atoms with Crippen LogP contribution in [0, 0.1) is 0 Å². The Balaban J connectivity index is 1.69. The van der Waals surface area contributed by atoms with Gasteiger partial charge >= 0.3 is 6.09 Å². The van der Waals surface area contributed by atoms with Gasteiger partial charge in [0.15, 0.2) is 0 Å². The van der Waals surface area contributed by atoms with Gasteiger partial charge in [-0.3, -0.25) is 0 Å². The number of carbonyl (C=O) groups is 1. The highest BCUT2D eigenvalue weighted by atomic mass is 35.5. The molecule has 0 aromatic carbocycles. The van der Waals surface area contributed by atoms with Crippen molar-refractivity contribution in [2.75, 3.05) is 42.5 Å². The molecule has 3 rings (SSSR count). The normalized spacial score (nSPS) is 21.3. The Morgan fingerprint density at radius 1 is 1.12 bits per heavy atom. The Kier molecular flexibility index (Phi) is 5.46. The molecule has 144 valence electrons. The van der Waals surface area contributed by atoms with Gasteiger partial charge in [0.2, 0.25) is 5.28 Å². The molecule has 1 aromatic heterocycles. The van der Waals surface area contributed by atoms with Crippen molar-refractivity contribution >= 4 is 29.3 Å². The fraction of sp³-hybridized carbons (Fsp3) is 0.722. The Labute approximate surface area is 160 Å². The van der Waals surface area contributed by atoms with Crippen molar-refractivity contribution in [2.45, 2.75) is 52.2 Å². The number of ether oxygens (including phenoxy) is 1. The van der Waals surface area contributed by atoms with Gasteiger partial charge < -0.3 is 19.4 Å². The molecular weight excluding hydrogens is 354 g/mol. The van der Waals surface area contributed by atoms with Crippen LogP contribution >= 0.6 is 11.6 Å². The molecule has 0 N–H and O–H groups in total. The third kappa shape index (κ3) is 4.50. The van der Waals surface area contributed by atoms with Crippen LogP contribution in [0.1, 0.15) is 40.5 Å². The van der Waals surface area contributed by atoms with E-state index in [1.54, 1.807) is 4.90 Å². The zero-order valence-electron chi connectivity index (χ0n) is 16.0. The molecule has 1 aromatic rings. The summed E-state index contributed by atoms with van der Waals surface area (Å²) < 4.78 is 5.51. The van der Waals surface area contributed by atoms with Crippen LogP contribution < -0.4 is 9.80 Å². The smallest absolute Gasteiger partial charge is 0.410 e. The first kappa shape index (κ1) is 19.0. The molecule has 1 atom stereocenters. The Morgan fingerprint density at radius 2 is 1.73 bits per heavy atom. The van der Waals surface area contributed by atoms with Crippen molar-refractivity contribution in [3.8, 4) is 0 Å². The van der Waals surface area contributed by atoms with Crippen molar-refractivity contribution in [1.82, 2.24) is 14.9 Å². The lowest BCUT2D eigenvalue weighted by Crippen LogP contribution is -2.55. The van der Waals surface area contributed by atoms with E-state index in [1.165, 1.54) is 12.8 Å². The second-order valence-electron chi connectivity index (χ2n) is 8.02. The second kappa shape index (κ2) is 7.47. The van der Waals surface area contributed by atoms with Gasteiger partial charge in [0, 0.05) is 44.8 Å². The largest absolute Gasteiger partial charge is 0.444 e. The summed E-state index contributed by atoms with van der Waals surface area (Å²) in [6.45, 7) is 11.7. The van der Waals surface area contributed by atoms with Crippen LogP contribution in [0.5, 0.6) is 0 Å². The molecular formula is C18H28ClN5O2. The maximum atomic E-state index is 12.4. The summed E-state index contributed by atoms with van der Waals surface area (Å²) in [5.41, 5.74) is -0.487. The fourth-order valence-electron chi connectivity index (χ4n) is 3.42. The van der Waals surface area contributed by atoms with Gasteiger partial charge in [-0.2, -0.15) is 0 Å². The third-order valence-corrected chi connectivity index (χ3v) is 4.85. The van der Waals surface area contributed by atoms with Crippen LogP contribution in [0.2, 0.25) is 5.28 Å². The standard InChI is InChI=1S/C18H28ClN5O2/c1-13-12-23(9-10-24(13)17(25)26-18(2,3)4)15-11-14(20-16(19)21-15)22-7-5-6-8-22/h11,13H,5-10,12H2,1-4H3/t13-/m0/s1. The van der Waals surface area contributed by atoms with Gasteiger partial charge in [0.05, 0.1) is 0 Å². The maximum Gasteiger partial charge on any atom is 0.410 e. The van der Waals surface area contributed by atoms with Crippen molar-refractivity contribution < 1.29 is 9.53 Å². The van der Waals surface area contributed by atoms with Gasteiger partial charge in [-0.15, -0.1) is 0 Å². The minimum absolute atomic E-state index is 0.0302. The van der Waals surface area contributed by atoms with E-state index in [0.29, 0.717) is 19.6 Å². The zero-order chi connectivity index (χ0) is 18.9. The second-order valence-corrected chi connectivity index (χ2v) is 8.35. The van der Waals surface area contributed by atoms with E-state index in [9.17, 15) is 4.79 Å². The molecule has 8 heteroatoms. The number of carbonyl (C=O) groups excluding carboxylic acids is 1. The van der Waals surface area contributed by atoms with Crippen LogP contribution in [0.25, 0.3) is 0 Å². The third-order valence-electron chi connectivity index (χ3n) is 4.68. The number of piperazine rings is 1. The lowest BCUT2D eigenvalue weighted by atomic mass is 10.2. The Hall–Kier alpha value is -1.76. The highest BCUT2D eigenvalue weighted by Crippen LogP contribution is 2.26. The molecule has 0 spiro atoms. The maximum absolute atomic E-state index is 12.4. The topological polar surface area (TPSA) is 61.8 Å². The molecule has 0 unspecified atom stereocenters. The summed E-state index contributed by atoms with van der Waals surface area (Å²) in [5, 5.41) is 0.270. The summed E-state index contributed by atoms with van der Waals surface area (Å²) in [6, 6.07) is 2.04. The number of nitrogens with zero attached hydrogens (tertiary/aromatic N) is 5. The predicted octanol–water partition coefficient (Wildman–Crippen LogP) is 3.18. The lowest BCUT2D eigenvalue weighted by molar-refractivity contribution is 0.0158. The van der Waals surface area contributed by atoms with Gasteiger partial charge in [-0.05, 0) is 52.1 Å². The molecule has 2 aliphatic heterocycles. The van der Waals surface area contributed by atoms with Gasteiger partial charge in [-0.1, -0.05) is 0 Å². The molecule has 0 aliphatic carbocycles. The first-order valence-electron chi connectivity index (χ1n) is 9.27. The molecule has 0 radical (unpaired) electrons. The van der Waals surface area contributed by atoms with Crippen molar-refractivity contribution in [1.29, 1.82) is 0 Å². The van der Waals surface area contributed by atoms with E-state index in [0.717, 1.165) is 24.7 Å². The van der Waals surface area contributed by atoms with Gasteiger partial charge in [-0.25, -0.2) is 14.8 Å². The van der Waals surface area contributed by atoms with E-state index >= 15 is 0 Å². The quantitative estimate of drug-likeness (QED) is 0.733. The monoisotopic (exact) mass is 381 g/mol. The summed E-state index contributed by atoms with van der Waals surface area (Å²) in [5.74, 6) is 1.71. The first-order chi connectivity index (χ1) is 12.2. The molecule has 3 heterocycles. The number of aromatic nitrogens is 2. The van der Waals surface area contributed by atoms with Gasteiger partial charge in [0.25, 0.3) is 0 Å². The number of anilines is 2. The number of halogens is 1. The lowest BCUT2D eigenvalue weighted by Gasteiger charge is -2.40. The van der Waals surface area contributed by atoms with E-state index in [2.05, 4.69) is 19.8 Å². The highest BCUT2D eigenvalue weighted by molar-refractivity contribution is 6.28. The van der Waals surface area contributed by atoms with Crippen molar-refractivity contribution in [3.63, 3.8) is 0 Å². The predicted molar refractivity (Wildman–Crippen MR) is 103 cm³/mol. The summed E-state index contributed by atoms with van der Waals surface area (Å²) >= 11 is 6.18. The molecule has 2 saturated heterocycles. The average molecular weight is 382 g/mol. The van der Waals surface area contributed by atoms with E-state index in [4.69, 9.17) is 16.3 Å². The summed E-state index contributed by atoms with van der Waals surface area (Å²) in [7, 11) is 0. The Bertz CT molecular complexity index is 657. The molecule has 2 aliphatic rings. The van der Waals surface area contributed by atoms with Crippen LogP contribution in [0.15, 0.2) is 6.07 Å². The summed E-state index contributed by atoms with van der Waals surface area (Å²) in [4.78, 5) is 27.4. The number of hydrogen-bond acceptors (Lipinski definition) is 6. The summed E-state index contributed by atoms with van der Waals surface area (Å²) in [6.07, 6.45) is 2.11. The number of amides is 1. The van der Waals surface area contributed by atoms with Crippen LogP contribution in [0.3, 0.4) is 0 Å². The zero-order valence-corrected chi connectivity index (χ0v) is 16.8.